The van der Waals surface area contributed by atoms with Gasteiger partial charge < -0.3 is 19.3 Å². The van der Waals surface area contributed by atoms with Gasteiger partial charge in [0.2, 0.25) is 0 Å². The van der Waals surface area contributed by atoms with Gasteiger partial charge in [-0.2, -0.15) is 8.42 Å². The van der Waals surface area contributed by atoms with Crippen LogP contribution in [0.5, 0.6) is 5.75 Å². The highest BCUT2D eigenvalue weighted by atomic mass is 32.2. The summed E-state index contributed by atoms with van der Waals surface area (Å²) in [6, 6.07) is 32.6. The van der Waals surface area contributed by atoms with Gasteiger partial charge >= 0.3 is 5.69 Å². The van der Waals surface area contributed by atoms with Crippen LogP contribution in [-0.2, 0) is 35.8 Å². The van der Waals surface area contributed by atoms with Crippen molar-refractivity contribution in [2.75, 3.05) is 19.5 Å². The molecule has 14 nitrogen and oxygen atoms in total. The summed E-state index contributed by atoms with van der Waals surface area (Å²) in [6.45, 7) is -0.311. The number of rotatable bonds is 14. The quantitative estimate of drug-likeness (QED) is 0.0734. The Morgan fingerprint density at radius 3 is 2.04 bits per heavy atom. The Morgan fingerprint density at radius 2 is 1.48 bits per heavy atom. The summed E-state index contributed by atoms with van der Waals surface area (Å²) in [4.78, 5) is 37.4. The second-order valence-electron chi connectivity index (χ2n) is 12.0. The van der Waals surface area contributed by atoms with E-state index in [4.69, 9.17) is 18.4 Å². The van der Waals surface area contributed by atoms with Crippen LogP contribution in [0.15, 0.2) is 131 Å². The van der Waals surface area contributed by atoms with E-state index in [2.05, 4.69) is 4.98 Å². The maximum Gasteiger partial charge on any atom is 0.330 e. The molecule has 5 aromatic rings. The number of non-ortho nitro benzene ring substituents is 1. The molecule has 0 bridgehead atoms. The third-order valence-electron chi connectivity index (χ3n) is 8.81. The number of aliphatic hydroxyl groups is 1. The molecule has 1 aliphatic heterocycles. The fourth-order valence-corrected chi connectivity index (χ4v) is 7.31. The van der Waals surface area contributed by atoms with Crippen molar-refractivity contribution in [3.05, 3.63) is 175 Å². The fraction of sp³-hybridized carbons (Fsp3) is 0.243. The minimum absolute atomic E-state index is 0.0572. The maximum atomic E-state index is 13.3. The van der Waals surface area contributed by atoms with Gasteiger partial charge in [0.1, 0.15) is 23.6 Å². The average molecular weight is 730 g/mol. The second-order valence-corrected chi connectivity index (χ2v) is 13.7. The lowest BCUT2D eigenvalue weighted by Gasteiger charge is -2.37. The molecule has 2 heterocycles. The molecule has 15 heteroatoms. The van der Waals surface area contributed by atoms with Crippen LogP contribution in [0.2, 0.25) is 0 Å². The lowest BCUT2D eigenvalue weighted by Crippen LogP contribution is -2.42. The Balaban J connectivity index is 1.33. The number of methoxy groups -OCH3 is 1. The predicted molar refractivity (Wildman–Crippen MR) is 188 cm³/mol. The molecule has 52 heavy (non-hydrogen) atoms. The zero-order valence-corrected chi connectivity index (χ0v) is 28.6. The summed E-state index contributed by atoms with van der Waals surface area (Å²) in [5.41, 5.74) is -0.314. The largest absolute Gasteiger partial charge is 0.497 e. The van der Waals surface area contributed by atoms with Gasteiger partial charge in [-0.15, -0.1) is 0 Å². The van der Waals surface area contributed by atoms with Crippen LogP contribution in [0.4, 0.5) is 5.69 Å². The number of aromatic amines is 1. The van der Waals surface area contributed by atoms with Gasteiger partial charge in [-0.1, -0.05) is 84.9 Å². The van der Waals surface area contributed by atoms with E-state index >= 15 is 0 Å². The molecule has 1 aliphatic rings. The van der Waals surface area contributed by atoms with Crippen LogP contribution >= 0.6 is 0 Å². The van der Waals surface area contributed by atoms with E-state index < -0.39 is 62.2 Å². The Labute approximate surface area is 298 Å². The van der Waals surface area contributed by atoms with Crippen molar-refractivity contribution in [1.29, 1.82) is 0 Å². The second kappa shape index (κ2) is 15.4. The van der Waals surface area contributed by atoms with E-state index in [1.165, 1.54) is 24.3 Å². The minimum atomic E-state index is -4.40. The Morgan fingerprint density at radius 1 is 0.885 bits per heavy atom. The van der Waals surface area contributed by atoms with Crippen LogP contribution in [-0.4, -0.2) is 65.8 Å². The zero-order valence-electron chi connectivity index (χ0n) is 27.8. The van der Waals surface area contributed by atoms with Crippen LogP contribution in [0, 0.1) is 10.1 Å². The SMILES string of the molecule is COc1ccc(C(OC[C@H]2O[C@@H](n3ccc(=O)[nH]c3=O)[C@H](OS(=O)(=O)CCc3ccc([N+](=O)[O-])cc3)[C@@H]2O)(c2ccccc2)c2ccccc2)cc1. The molecule has 4 atom stereocenters. The molecule has 0 spiro atoms. The number of ether oxygens (including phenoxy) is 3. The van der Waals surface area contributed by atoms with Crippen molar-refractivity contribution in [2.45, 2.75) is 36.6 Å². The number of hydrogen-bond acceptors (Lipinski definition) is 11. The molecule has 0 saturated carbocycles. The summed E-state index contributed by atoms with van der Waals surface area (Å²) < 4.78 is 51.6. The third-order valence-corrected chi connectivity index (χ3v) is 10.0. The van der Waals surface area contributed by atoms with Crippen molar-refractivity contribution in [1.82, 2.24) is 9.55 Å². The van der Waals surface area contributed by atoms with Crippen molar-refractivity contribution in [3.8, 4) is 5.75 Å². The highest BCUT2D eigenvalue weighted by Gasteiger charge is 2.50. The van der Waals surface area contributed by atoms with Crippen LogP contribution in [0.25, 0.3) is 0 Å². The van der Waals surface area contributed by atoms with Crippen molar-refractivity contribution >= 4 is 15.8 Å². The normalized spacial score (nSPS) is 19.0. The molecule has 2 N–H and O–H groups in total. The van der Waals surface area contributed by atoms with E-state index in [0.29, 0.717) is 16.9 Å². The van der Waals surface area contributed by atoms with Gasteiger partial charge in [-0.05, 0) is 40.8 Å². The average Bonchev–Trinajstić information content (AvgIpc) is 3.45. The number of nitrogens with zero attached hydrogens (tertiary/aromatic N) is 2. The maximum absolute atomic E-state index is 13.3. The van der Waals surface area contributed by atoms with Crippen molar-refractivity contribution < 1.29 is 36.8 Å². The predicted octanol–water partition coefficient (Wildman–Crippen LogP) is 3.68. The molecule has 6 rings (SSSR count). The van der Waals surface area contributed by atoms with Crippen molar-refractivity contribution in [3.63, 3.8) is 0 Å². The van der Waals surface area contributed by atoms with Crippen LogP contribution < -0.4 is 16.0 Å². The van der Waals surface area contributed by atoms with E-state index in [1.54, 1.807) is 19.2 Å². The molecule has 270 valence electrons. The van der Waals surface area contributed by atoms with Gasteiger partial charge in [0.15, 0.2) is 12.3 Å². The van der Waals surface area contributed by atoms with Gasteiger partial charge in [-0.25, -0.2) is 4.79 Å². The van der Waals surface area contributed by atoms with Gasteiger partial charge in [0.25, 0.3) is 21.4 Å². The monoisotopic (exact) mass is 729 g/mol. The van der Waals surface area contributed by atoms with E-state index in [0.717, 1.165) is 28.0 Å². The number of benzene rings is 4. The summed E-state index contributed by atoms with van der Waals surface area (Å²) in [5.74, 6) is 0.0719. The van der Waals surface area contributed by atoms with Crippen molar-refractivity contribution in [2.24, 2.45) is 0 Å². The standard InChI is InChI=1S/C37H35N3O11S/c1-48-30-18-14-28(15-19-30)37(26-8-4-2-5-9-26,27-10-6-3-7-11-27)49-24-31-33(42)34(35(50-31)39-22-20-32(41)38-36(39)43)51-52(46,47)23-21-25-12-16-29(17-13-25)40(44)45/h2-20,22,31,33-35,42H,21,23-24H2,1H3,(H,38,41,43)/t31-,33-,34-,35-/m1/s1. The van der Waals surface area contributed by atoms with Gasteiger partial charge in [0.05, 0.1) is 24.4 Å². The molecule has 1 fully saturated rings. The first-order chi connectivity index (χ1) is 25.0. The number of nitrogens with one attached hydrogen (secondary N) is 1. The first kappa shape index (κ1) is 36.3. The topological polar surface area (TPSA) is 189 Å². The lowest BCUT2D eigenvalue weighted by atomic mass is 9.80. The molecule has 4 aromatic carbocycles. The van der Waals surface area contributed by atoms with Gasteiger partial charge in [0, 0.05) is 24.4 Å². The zero-order chi connectivity index (χ0) is 36.9. The van der Waals surface area contributed by atoms with E-state index in [9.17, 15) is 33.2 Å². The lowest BCUT2D eigenvalue weighted by molar-refractivity contribution is -0.384. The number of nitro benzene ring substituents is 1. The number of hydrogen-bond donors (Lipinski definition) is 2. The number of aliphatic hydroxyl groups excluding tert-OH is 1. The number of aromatic nitrogens is 2. The molecule has 0 amide bonds. The number of H-pyrrole nitrogens is 1. The Bertz CT molecular complexity index is 2170. The molecular formula is C37H35N3O11S. The first-order valence-corrected chi connectivity index (χ1v) is 17.8. The first-order valence-electron chi connectivity index (χ1n) is 16.2. The van der Waals surface area contributed by atoms with E-state index in [1.807, 2.05) is 72.8 Å². The van der Waals surface area contributed by atoms with Crippen LogP contribution in [0.3, 0.4) is 0 Å². The highest BCUT2D eigenvalue weighted by molar-refractivity contribution is 7.86. The molecule has 0 radical (unpaired) electrons. The minimum Gasteiger partial charge on any atom is -0.497 e. The Kier molecular flexibility index (Phi) is 10.8. The Hall–Kier alpha value is -5.45. The molecule has 0 aliphatic carbocycles. The van der Waals surface area contributed by atoms with Crippen LogP contribution in [0.1, 0.15) is 28.5 Å². The fourth-order valence-electron chi connectivity index (χ4n) is 6.18. The number of aryl methyl sites for hydroxylation is 1. The molecular weight excluding hydrogens is 694 g/mol. The summed E-state index contributed by atoms with van der Waals surface area (Å²) >= 11 is 0. The number of nitro groups is 1. The van der Waals surface area contributed by atoms with Gasteiger partial charge in [-0.3, -0.25) is 28.6 Å². The molecule has 0 unspecified atom stereocenters. The smallest absolute Gasteiger partial charge is 0.330 e. The summed E-state index contributed by atoms with van der Waals surface area (Å²) in [5, 5.41) is 22.7. The molecule has 1 aromatic heterocycles. The van der Waals surface area contributed by atoms with E-state index in [-0.39, 0.29) is 18.7 Å². The summed E-state index contributed by atoms with van der Waals surface area (Å²) in [6.07, 6.45) is -4.94. The molecule has 1 saturated heterocycles. The summed E-state index contributed by atoms with van der Waals surface area (Å²) in [7, 11) is -2.84. The third kappa shape index (κ3) is 7.73. The highest BCUT2D eigenvalue weighted by Crippen LogP contribution is 2.42.